The third kappa shape index (κ3) is 3.43. The van der Waals surface area contributed by atoms with Crippen molar-refractivity contribution < 1.29 is 4.79 Å². The molecule has 5 rings (SSSR count). The minimum absolute atomic E-state index is 0.0654. The Bertz CT molecular complexity index is 1240. The molecule has 1 amide bonds. The first-order chi connectivity index (χ1) is 14.7. The number of aryl methyl sites for hydroxylation is 1. The molecule has 5 heteroatoms. The number of hydrogen-bond acceptors (Lipinski definition) is 4. The van der Waals surface area contributed by atoms with Gasteiger partial charge in [0.1, 0.15) is 5.69 Å². The second-order valence-electron chi connectivity index (χ2n) is 7.76. The highest BCUT2D eigenvalue weighted by Gasteiger charge is 2.31. The molecule has 5 nitrogen and oxygen atoms in total. The van der Waals surface area contributed by atoms with Crippen molar-refractivity contribution in [3.8, 4) is 11.3 Å². The minimum atomic E-state index is 0.0654. The van der Waals surface area contributed by atoms with E-state index in [0.29, 0.717) is 18.8 Å². The van der Waals surface area contributed by atoms with Crippen molar-refractivity contribution >= 4 is 22.6 Å². The highest BCUT2D eigenvalue weighted by Crippen LogP contribution is 2.34. The number of piperidine rings is 1. The normalized spacial score (nSPS) is 16.8. The maximum absolute atomic E-state index is 13.1. The zero-order valence-corrected chi connectivity index (χ0v) is 16.8. The first-order valence-corrected chi connectivity index (χ1v) is 10.2. The second-order valence-corrected chi connectivity index (χ2v) is 7.76. The van der Waals surface area contributed by atoms with Gasteiger partial charge in [-0.3, -0.25) is 19.7 Å². The molecule has 0 radical (unpaired) electrons. The third-order valence-corrected chi connectivity index (χ3v) is 5.69. The number of anilines is 1. The van der Waals surface area contributed by atoms with E-state index < -0.39 is 0 Å². The van der Waals surface area contributed by atoms with Crippen molar-refractivity contribution in [2.75, 3.05) is 11.4 Å². The molecule has 2 aromatic heterocycles. The summed E-state index contributed by atoms with van der Waals surface area (Å²) in [6.45, 7) is 2.66. The van der Waals surface area contributed by atoms with Crippen LogP contribution in [0.15, 0.2) is 73.1 Å². The lowest BCUT2D eigenvalue weighted by atomic mass is 9.92. The zero-order valence-electron chi connectivity index (χ0n) is 16.8. The molecule has 1 unspecified atom stereocenters. The number of carbonyl (C=O) groups is 1. The first-order valence-electron chi connectivity index (χ1n) is 10.2. The van der Waals surface area contributed by atoms with Crippen LogP contribution in [0.2, 0.25) is 0 Å². The van der Waals surface area contributed by atoms with Gasteiger partial charge in [-0.05, 0) is 31.5 Å². The number of rotatable bonds is 3. The van der Waals surface area contributed by atoms with E-state index in [1.165, 1.54) is 0 Å². The molecule has 2 aromatic carbocycles. The number of pyridine rings is 1. The summed E-state index contributed by atoms with van der Waals surface area (Å²) in [6, 6.07) is 20.4. The fourth-order valence-electron chi connectivity index (χ4n) is 4.14. The summed E-state index contributed by atoms with van der Waals surface area (Å²) in [5, 5.41) is 1.12. The molecule has 148 valence electrons. The van der Waals surface area contributed by atoms with Gasteiger partial charge < -0.3 is 0 Å². The SMILES string of the molecule is Cc1cccc(-c2nccnc2N2CCC(c3ccc4ccccc4n3)CC2=O)c1. The van der Waals surface area contributed by atoms with E-state index in [2.05, 4.69) is 34.2 Å². The lowest BCUT2D eigenvalue weighted by Gasteiger charge is -2.31. The topological polar surface area (TPSA) is 59.0 Å². The van der Waals surface area contributed by atoms with Crippen LogP contribution in [0, 0.1) is 6.92 Å². The van der Waals surface area contributed by atoms with Gasteiger partial charge in [0.25, 0.3) is 0 Å². The molecule has 1 fully saturated rings. The fraction of sp³-hybridized carbons (Fsp3) is 0.200. The van der Waals surface area contributed by atoms with Gasteiger partial charge in [0, 0.05) is 47.9 Å². The van der Waals surface area contributed by atoms with Crippen molar-refractivity contribution in [2.24, 2.45) is 0 Å². The van der Waals surface area contributed by atoms with Gasteiger partial charge in [0.2, 0.25) is 5.91 Å². The van der Waals surface area contributed by atoms with Crippen LogP contribution in [0.25, 0.3) is 22.2 Å². The van der Waals surface area contributed by atoms with Gasteiger partial charge in [0.15, 0.2) is 5.82 Å². The Morgan fingerprint density at radius 2 is 1.83 bits per heavy atom. The molecular formula is C25H22N4O. The van der Waals surface area contributed by atoms with Gasteiger partial charge in [-0.25, -0.2) is 4.98 Å². The standard InChI is InChI=1S/C25H22N4O/c1-17-5-4-7-20(15-17)24-25(27-13-12-26-24)29-14-11-19(16-23(29)30)22-10-9-18-6-2-3-8-21(18)28-22/h2-10,12-13,15,19H,11,14,16H2,1H3. The lowest BCUT2D eigenvalue weighted by Crippen LogP contribution is -2.39. The quantitative estimate of drug-likeness (QED) is 0.495. The predicted molar refractivity (Wildman–Crippen MR) is 118 cm³/mol. The molecule has 1 aliphatic heterocycles. The van der Waals surface area contributed by atoms with Crippen LogP contribution in [-0.2, 0) is 4.79 Å². The van der Waals surface area contributed by atoms with E-state index in [1.807, 2.05) is 43.3 Å². The van der Waals surface area contributed by atoms with Crippen molar-refractivity contribution in [3.05, 3.63) is 84.3 Å². The van der Waals surface area contributed by atoms with E-state index in [4.69, 9.17) is 4.98 Å². The molecular weight excluding hydrogens is 372 g/mol. The van der Waals surface area contributed by atoms with Crippen molar-refractivity contribution in [1.29, 1.82) is 0 Å². The van der Waals surface area contributed by atoms with Gasteiger partial charge in [0.05, 0.1) is 5.52 Å². The average molecular weight is 394 g/mol. The van der Waals surface area contributed by atoms with Crippen LogP contribution in [-0.4, -0.2) is 27.4 Å². The van der Waals surface area contributed by atoms with Crippen LogP contribution in [0.4, 0.5) is 5.82 Å². The van der Waals surface area contributed by atoms with Gasteiger partial charge in [-0.2, -0.15) is 0 Å². The maximum atomic E-state index is 13.1. The summed E-state index contributed by atoms with van der Waals surface area (Å²) in [6.07, 6.45) is 4.60. The highest BCUT2D eigenvalue weighted by atomic mass is 16.2. The van der Waals surface area contributed by atoms with Gasteiger partial charge in [-0.1, -0.05) is 48.0 Å². The summed E-state index contributed by atoms with van der Waals surface area (Å²) in [4.78, 5) is 28.8. The van der Waals surface area contributed by atoms with E-state index >= 15 is 0 Å². The Morgan fingerprint density at radius 3 is 2.70 bits per heavy atom. The highest BCUT2D eigenvalue weighted by molar-refractivity contribution is 5.96. The molecule has 0 saturated carbocycles. The lowest BCUT2D eigenvalue weighted by molar-refractivity contribution is -0.120. The number of fused-ring (bicyclic) bond motifs is 1. The maximum Gasteiger partial charge on any atom is 0.228 e. The summed E-state index contributed by atoms with van der Waals surface area (Å²) in [7, 11) is 0. The number of para-hydroxylation sites is 1. The van der Waals surface area contributed by atoms with Crippen molar-refractivity contribution in [2.45, 2.75) is 25.7 Å². The third-order valence-electron chi connectivity index (χ3n) is 5.69. The van der Waals surface area contributed by atoms with Gasteiger partial charge in [-0.15, -0.1) is 0 Å². The number of hydrogen-bond donors (Lipinski definition) is 0. The summed E-state index contributed by atoms with van der Waals surface area (Å²) in [5.41, 5.74) is 4.83. The molecule has 1 saturated heterocycles. The van der Waals surface area contributed by atoms with Gasteiger partial charge >= 0.3 is 0 Å². The van der Waals surface area contributed by atoms with E-state index in [1.54, 1.807) is 17.3 Å². The first kappa shape index (κ1) is 18.4. The molecule has 0 aliphatic carbocycles. The summed E-state index contributed by atoms with van der Waals surface area (Å²) >= 11 is 0. The minimum Gasteiger partial charge on any atom is -0.295 e. The van der Waals surface area contributed by atoms with Crippen LogP contribution >= 0.6 is 0 Å². The van der Waals surface area contributed by atoms with Crippen LogP contribution in [0.1, 0.15) is 30.0 Å². The molecule has 0 bridgehead atoms. The monoisotopic (exact) mass is 394 g/mol. The molecule has 1 aliphatic rings. The van der Waals surface area contributed by atoms with E-state index in [9.17, 15) is 4.79 Å². The largest absolute Gasteiger partial charge is 0.295 e. The number of nitrogens with zero attached hydrogens (tertiary/aromatic N) is 4. The Hall–Kier alpha value is -3.60. The van der Waals surface area contributed by atoms with Crippen molar-refractivity contribution in [3.63, 3.8) is 0 Å². The molecule has 3 heterocycles. The predicted octanol–water partition coefficient (Wildman–Crippen LogP) is 4.91. The van der Waals surface area contributed by atoms with E-state index in [-0.39, 0.29) is 11.8 Å². The smallest absolute Gasteiger partial charge is 0.228 e. The molecule has 0 spiro atoms. The Morgan fingerprint density at radius 1 is 0.967 bits per heavy atom. The van der Waals surface area contributed by atoms with Crippen LogP contribution < -0.4 is 4.90 Å². The Balaban J connectivity index is 1.42. The van der Waals surface area contributed by atoms with Crippen LogP contribution in [0.5, 0.6) is 0 Å². The Labute approximate surface area is 175 Å². The van der Waals surface area contributed by atoms with E-state index in [0.717, 1.165) is 39.8 Å². The molecule has 4 aromatic rings. The summed E-state index contributed by atoms with van der Waals surface area (Å²) in [5.74, 6) is 0.825. The molecule has 0 N–H and O–H groups in total. The van der Waals surface area contributed by atoms with Crippen LogP contribution in [0.3, 0.4) is 0 Å². The van der Waals surface area contributed by atoms with Crippen molar-refractivity contribution in [1.82, 2.24) is 15.0 Å². The average Bonchev–Trinajstić information content (AvgIpc) is 2.79. The second kappa shape index (κ2) is 7.67. The number of benzene rings is 2. The Kier molecular flexibility index (Phi) is 4.71. The summed E-state index contributed by atoms with van der Waals surface area (Å²) < 4.78 is 0. The zero-order chi connectivity index (χ0) is 20.5. The molecule has 1 atom stereocenters. The number of amides is 1. The number of carbonyl (C=O) groups excluding carboxylic acids is 1. The number of aromatic nitrogens is 3. The fourth-order valence-corrected chi connectivity index (χ4v) is 4.14. The molecule has 30 heavy (non-hydrogen) atoms.